The minimum absolute atomic E-state index is 0.0668. The second kappa shape index (κ2) is 6.10. The van der Waals surface area contributed by atoms with Crippen LogP contribution in [0.25, 0.3) is 0 Å². The molecule has 114 valence electrons. The molecule has 0 bridgehead atoms. The summed E-state index contributed by atoms with van der Waals surface area (Å²) in [6, 6.07) is 12.9. The molecule has 0 aliphatic heterocycles. The number of benzene rings is 2. The van der Waals surface area contributed by atoms with Crippen molar-refractivity contribution < 1.29 is 19.4 Å². The van der Waals surface area contributed by atoms with Gasteiger partial charge < -0.3 is 14.6 Å². The summed E-state index contributed by atoms with van der Waals surface area (Å²) < 4.78 is 11.4. The van der Waals surface area contributed by atoms with Crippen LogP contribution in [0.5, 0.6) is 11.5 Å². The molecule has 0 heterocycles. The summed E-state index contributed by atoms with van der Waals surface area (Å²) in [5.41, 5.74) is 2.67. The lowest BCUT2D eigenvalue weighted by molar-refractivity contribution is 0.0695. The molecule has 0 saturated heterocycles. The molecule has 1 aliphatic carbocycles. The second-order valence-corrected chi connectivity index (χ2v) is 5.37. The Bertz CT molecular complexity index is 693. The zero-order valence-electron chi connectivity index (χ0n) is 12.4. The fourth-order valence-corrected chi connectivity index (χ4v) is 2.89. The van der Waals surface area contributed by atoms with Crippen LogP contribution < -0.4 is 9.47 Å². The molecular formula is C18H18O4. The molecule has 0 amide bonds. The van der Waals surface area contributed by atoms with Crippen molar-refractivity contribution in [3.63, 3.8) is 0 Å². The fourth-order valence-electron chi connectivity index (χ4n) is 2.89. The van der Waals surface area contributed by atoms with Crippen LogP contribution in [0, 0.1) is 0 Å². The minimum atomic E-state index is -0.975. The zero-order chi connectivity index (χ0) is 15.5. The van der Waals surface area contributed by atoms with E-state index < -0.39 is 5.97 Å². The molecule has 4 heteroatoms. The quantitative estimate of drug-likeness (QED) is 0.931. The molecule has 1 atom stereocenters. The predicted octanol–water partition coefficient (Wildman–Crippen LogP) is 3.85. The second-order valence-electron chi connectivity index (χ2n) is 5.37. The Balaban J connectivity index is 1.93. The first-order chi connectivity index (χ1) is 10.7. The van der Waals surface area contributed by atoms with Gasteiger partial charge in [-0.15, -0.1) is 0 Å². The number of rotatable bonds is 4. The zero-order valence-corrected chi connectivity index (χ0v) is 12.4. The van der Waals surface area contributed by atoms with E-state index in [4.69, 9.17) is 14.6 Å². The van der Waals surface area contributed by atoms with Crippen molar-refractivity contribution in [1.82, 2.24) is 0 Å². The Morgan fingerprint density at radius 1 is 1.18 bits per heavy atom. The summed E-state index contributed by atoms with van der Waals surface area (Å²) in [4.78, 5) is 11.1. The van der Waals surface area contributed by atoms with Crippen LogP contribution in [0.1, 0.15) is 40.4 Å². The molecule has 1 unspecified atom stereocenters. The number of fused-ring (bicyclic) bond motifs is 1. The summed E-state index contributed by atoms with van der Waals surface area (Å²) in [6.07, 6.45) is 2.96. The van der Waals surface area contributed by atoms with Gasteiger partial charge in [0.05, 0.1) is 12.7 Å². The summed E-state index contributed by atoms with van der Waals surface area (Å²) in [5.74, 6) is 0.0497. The van der Waals surface area contributed by atoms with Gasteiger partial charge in [-0.3, -0.25) is 0 Å². The average molecular weight is 298 g/mol. The minimum Gasteiger partial charge on any atom is -0.493 e. The highest BCUT2D eigenvalue weighted by atomic mass is 16.5. The van der Waals surface area contributed by atoms with Crippen LogP contribution in [-0.4, -0.2) is 18.2 Å². The van der Waals surface area contributed by atoms with E-state index in [1.165, 1.54) is 23.3 Å². The molecule has 3 rings (SSSR count). The van der Waals surface area contributed by atoms with Crippen molar-refractivity contribution in [3.05, 3.63) is 59.2 Å². The Morgan fingerprint density at radius 3 is 2.77 bits per heavy atom. The van der Waals surface area contributed by atoms with Gasteiger partial charge in [0.1, 0.15) is 6.10 Å². The first kappa shape index (κ1) is 14.4. The lowest BCUT2D eigenvalue weighted by Crippen LogP contribution is -2.15. The molecule has 4 nitrogen and oxygen atoms in total. The van der Waals surface area contributed by atoms with Gasteiger partial charge in [0.2, 0.25) is 0 Å². The van der Waals surface area contributed by atoms with Crippen LogP contribution in [0.2, 0.25) is 0 Å². The number of carbonyl (C=O) groups is 1. The largest absolute Gasteiger partial charge is 0.493 e. The molecule has 0 fully saturated rings. The van der Waals surface area contributed by atoms with Gasteiger partial charge in [0, 0.05) is 0 Å². The lowest BCUT2D eigenvalue weighted by atomic mass is 9.89. The maximum atomic E-state index is 11.1. The van der Waals surface area contributed by atoms with Crippen LogP contribution in [0.4, 0.5) is 0 Å². The number of carboxylic acids is 1. The van der Waals surface area contributed by atoms with E-state index in [1.807, 2.05) is 12.1 Å². The van der Waals surface area contributed by atoms with E-state index in [0.29, 0.717) is 11.5 Å². The molecule has 2 aromatic carbocycles. The summed E-state index contributed by atoms with van der Waals surface area (Å²) in [5, 5.41) is 9.14. The topological polar surface area (TPSA) is 55.8 Å². The van der Waals surface area contributed by atoms with Crippen molar-refractivity contribution in [2.75, 3.05) is 7.11 Å². The number of hydrogen-bond acceptors (Lipinski definition) is 3. The Kier molecular flexibility index (Phi) is 4.00. The van der Waals surface area contributed by atoms with Gasteiger partial charge in [-0.2, -0.15) is 0 Å². The molecule has 22 heavy (non-hydrogen) atoms. The third kappa shape index (κ3) is 2.77. The summed E-state index contributed by atoms with van der Waals surface area (Å²) >= 11 is 0. The van der Waals surface area contributed by atoms with Crippen LogP contribution in [0.15, 0.2) is 42.5 Å². The van der Waals surface area contributed by atoms with Crippen molar-refractivity contribution >= 4 is 5.97 Å². The molecule has 1 N–H and O–H groups in total. The van der Waals surface area contributed by atoms with Gasteiger partial charge in [-0.05, 0) is 48.6 Å². The average Bonchev–Trinajstić information content (AvgIpc) is 2.55. The van der Waals surface area contributed by atoms with Crippen LogP contribution in [-0.2, 0) is 6.42 Å². The molecule has 0 spiro atoms. The number of carboxylic acid groups (broad SMARTS) is 1. The van der Waals surface area contributed by atoms with Crippen LogP contribution in [0.3, 0.4) is 0 Å². The summed E-state index contributed by atoms with van der Waals surface area (Å²) in [7, 11) is 1.55. The molecule has 0 saturated carbocycles. The number of aryl methyl sites for hydroxylation is 1. The van der Waals surface area contributed by atoms with E-state index in [2.05, 4.69) is 12.1 Å². The van der Waals surface area contributed by atoms with Gasteiger partial charge in [-0.1, -0.05) is 24.3 Å². The van der Waals surface area contributed by atoms with E-state index in [1.54, 1.807) is 13.2 Å². The number of methoxy groups -OCH3 is 1. The van der Waals surface area contributed by atoms with Gasteiger partial charge >= 0.3 is 5.97 Å². The van der Waals surface area contributed by atoms with E-state index in [9.17, 15) is 4.79 Å². The van der Waals surface area contributed by atoms with E-state index >= 15 is 0 Å². The van der Waals surface area contributed by atoms with Crippen molar-refractivity contribution in [3.8, 4) is 11.5 Å². The third-order valence-electron chi connectivity index (χ3n) is 3.99. The molecule has 2 aromatic rings. The Morgan fingerprint density at radius 2 is 2.00 bits per heavy atom. The highest BCUT2D eigenvalue weighted by Crippen LogP contribution is 2.37. The summed E-state index contributed by atoms with van der Waals surface area (Å²) in [6.45, 7) is 0. The normalized spacial score (nSPS) is 16.7. The highest BCUT2D eigenvalue weighted by molar-refractivity contribution is 5.88. The Hall–Kier alpha value is -2.49. The van der Waals surface area contributed by atoms with E-state index in [-0.39, 0.29) is 11.7 Å². The van der Waals surface area contributed by atoms with Gasteiger partial charge in [0.15, 0.2) is 11.5 Å². The molecule has 1 aliphatic rings. The number of ether oxygens (including phenoxy) is 2. The highest BCUT2D eigenvalue weighted by Gasteiger charge is 2.23. The first-order valence-electron chi connectivity index (χ1n) is 7.35. The smallest absolute Gasteiger partial charge is 0.335 e. The lowest BCUT2D eigenvalue weighted by Gasteiger charge is -2.27. The number of aromatic carboxylic acids is 1. The third-order valence-corrected chi connectivity index (χ3v) is 3.99. The van der Waals surface area contributed by atoms with Crippen LogP contribution >= 0.6 is 0 Å². The first-order valence-corrected chi connectivity index (χ1v) is 7.35. The van der Waals surface area contributed by atoms with Gasteiger partial charge in [-0.25, -0.2) is 4.79 Å². The van der Waals surface area contributed by atoms with Gasteiger partial charge in [0.25, 0.3) is 0 Å². The standard InChI is InChI=1S/C18H18O4/c1-21-16-10-9-13(18(19)20)11-17(16)22-15-8-4-6-12-5-2-3-7-14(12)15/h2-3,5,7,9-11,15H,4,6,8H2,1H3,(H,19,20). The van der Waals surface area contributed by atoms with E-state index in [0.717, 1.165) is 19.3 Å². The van der Waals surface area contributed by atoms with Crippen molar-refractivity contribution in [1.29, 1.82) is 0 Å². The number of hydrogen-bond donors (Lipinski definition) is 1. The van der Waals surface area contributed by atoms with Crippen molar-refractivity contribution in [2.45, 2.75) is 25.4 Å². The maximum absolute atomic E-state index is 11.1. The monoisotopic (exact) mass is 298 g/mol. The molecule has 0 radical (unpaired) electrons. The fraction of sp³-hybridized carbons (Fsp3) is 0.278. The molecule has 0 aromatic heterocycles. The van der Waals surface area contributed by atoms with Crippen molar-refractivity contribution in [2.24, 2.45) is 0 Å². The maximum Gasteiger partial charge on any atom is 0.335 e. The Labute approximate surface area is 129 Å². The molecular weight excluding hydrogens is 280 g/mol. The predicted molar refractivity (Wildman–Crippen MR) is 82.7 cm³/mol. The SMILES string of the molecule is COc1ccc(C(=O)O)cc1OC1CCCc2ccccc21.